The van der Waals surface area contributed by atoms with Crippen molar-refractivity contribution in [2.75, 3.05) is 20.2 Å². The van der Waals surface area contributed by atoms with Crippen LogP contribution < -0.4 is 0 Å². The summed E-state index contributed by atoms with van der Waals surface area (Å²) in [4.78, 5) is 37.4. The minimum absolute atomic E-state index is 0.0269. The van der Waals surface area contributed by atoms with E-state index >= 15 is 0 Å². The summed E-state index contributed by atoms with van der Waals surface area (Å²) in [5, 5.41) is 0. The van der Waals surface area contributed by atoms with Crippen molar-refractivity contribution in [1.29, 1.82) is 0 Å². The van der Waals surface area contributed by atoms with Crippen molar-refractivity contribution in [3.05, 3.63) is 65.5 Å². The summed E-state index contributed by atoms with van der Waals surface area (Å²) in [6, 6.07) is 11.5. The van der Waals surface area contributed by atoms with Crippen LogP contribution in [0.5, 0.6) is 0 Å². The molecule has 0 atom stereocenters. The number of benzene rings is 2. The van der Waals surface area contributed by atoms with Gasteiger partial charge in [-0.2, -0.15) is 0 Å². The van der Waals surface area contributed by atoms with Crippen LogP contribution in [0.2, 0.25) is 0 Å². The first-order chi connectivity index (χ1) is 13.7. The molecular formula is C19H17FN2O6S. The number of carbonyl (C=O) groups is 3. The fraction of sp³-hybridized carbons (Fsp3) is 0.211. The smallest absolute Gasteiger partial charge is 0.327 e. The highest BCUT2D eigenvalue weighted by Gasteiger charge is 2.42. The van der Waals surface area contributed by atoms with E-state index in [1.165, 1.54) is 54.4 Å². The van der Waals surface area contributed by atoms with Crippen molar-refractivity contribution in [1.82, 2.24) is 9.21 Å². The molecule has 1 aliphatic heterocycles. The van der Waals surface area contributed by atoms with Gasteiger partial charge in [0.25, 0.3) is 21.8 Å². The van der Waals surface area contributed by atoms with Crippen molar-refractivity contribution in [2.45, 2.75) is 11.4 Å². The predicted molar refractivity (Wildman–Crippen MR) is 98.5 cm³/mol. The number of amides is 2. The molecule has 0 aliphatic carbocycles. The molecule has 0 saturated carbocycles. The van der Waals surface area contributed by atoms with E-state index in [4.69, 9.17) is 4.74 Å². The summed E-state index contributed by atoms with van der Waals surface area (Å²) in [5.74, 6) is -2.97. The van der Waals surface area contributed by atoms with Gasteiger partial charge in [0.05, 0.1) is 5.56 Å². The van der Waals surface area contributed by atoms with Gasteiger partial charge in [-0.05, 0) is 18.2 Å². The summed E-state index contributed by atoms with van der Waals surface area (Å²) in [5.41, 5.74) is 0.266. The molecule has 152 valence electrons. The van der Waals surface area contributed by atoms with Crippen LogP contribution >= 0.6 is 0 Å². The number of esters is 1. The summed E-state index contributed by atoms with van der Waals surface area (Å²) >= 11 is 0. The molecule has 2 aromatic carbocycles. The van der Waals surface area contributed by atoms with Crippen molar-refractivity contribution >= 4 is 27.8 Å². The molecule has 0 saturated heterocycles. The van der Waals surface area contributed by atoms with Crippen molar-refractivity contribution in [2.24, 2.45) is 0 Å². The van der Waals surface area contributed by atoms with Crippen molar-refractivity contribution < 1.29 is 31.9 Å². The van der Waals surface area contributed by atoms with E-state index in [1.807, 2.05) is 0 Å². The lowest BCUT2D eigenvalue weighted by Gasteiger charge is -2.18. The third-order valence-corrected chi connectivity index (χ3v) is 6.12. The molecule has 0 unspecified atom stereocenters. The average molecular weight is 420 g/mol. The molecule has 0 N–H and O–H groups in total. The normalized spacial score (nSPS) is 14.4. The Kier molecular flexibility index (Phi) is 5.64. The molecule has 1 aliphatic rings. The zero-order chi connectivity index (χ0) is 21.2. The van der Waals surface area contributed by atoms with E-state index in [-0.39, 0.29) is 17.0 Å². The van der Waals surface area contributed by atoms with Gasteiger partial charge in [-0.25, -0.2) is 17.1 Å². The first-order valence-corrected chi connectivity index (χ1v) is 9.95. The number of hydrogen-bond donors (Lipinski definition) is 0. The number of likely N-dealkylation sites (N-methyl/N-ethyl adjacent to an activating group) is 1. The van der Waals surface area contributed by atoms with E-state index in [9.17, 15) is 27.2 Å². The van der Waals surface area contributed by atoms with Crippen LogP contribution in [0.1, 0.15) is 15.9 Å². The third kappa shape index (κ3) is 4.11. The van der Waals surface area contributed by atoms with Crippen LogP contribution in [0.15, 0.2) is 53.4 Å². The Morgan fingerprint density at radius 1 is 1.10 bits per heavy atom. The molecule has 0 fully saturated rings. The largest absolute Gasteiger partial charge is 0.454 e. The Bertz CT molecular complexity index is 1090. The lowest BCUT2D eigenvalue weighted by atomic mass is 10.2. The zero-order valence-electron chi connectivity index (χ0n) is 15.4. The van der Waals surface area contributed by atoms with Gasteiger partial charge in [0, 0.05) is 19.2 Å². The first-order valence-electron chi connectivity index (χ1n) is 8.51. The zero-order valence-corrected chi connectivity index (χ0v) is 16.2. The van der Waals surface area contributed by atoms with Crippen LogP contribution in [-0.4, -0.2) is 55.6 Å². The number of nitrogens with zero attached hydrogens (tertiary/aromatic N) is 2. The summed E-state index contributed by atoms with van der Waals surface area (Å²) < 4.78 is 43.7. The number of hydrogen-bond acceptors (Lipinski definition) is 6. The minimum atomic E-state index is -4.15. The Morgan fingerprint density at radius 3 is 2.45 bits per heavy atom. The lowest BCUT2D eigenvalue weighted by Crippen LogP contribution is -2.37. The van der Waals surface area contributed by atoms with Gasteiger partial charge in [0.1, 0.15) is 17.3 Å². The standard InChI is InChI=1S/C19H17FN2O6S/c1-21(10-13-6-2-4-8-15(13)20)17(23)12-28-18(24)11-22-19(25)14-7-3-5-9-16(14)29(22,26)27/h2-9H,10-12H2,1H3. The molecule has 3 rings (SSSR count). The number of halogens is 1. The topological polar surface area (TPSA) is 101 Å². The summed E-state index contributed by atoms with van der Waals surface area (Å²) in [7, 11) is -2.73. The van der Waals surface area contributed by atoms with E-state index in [0.29, 0.717) is 9.87 Å². The van der Waals surface area contributed by atoms with E-state index in [1.54, 1.807) is 6.07 Å². The fourth-order valence-corrected chi connectivity index (χ4v) is 4.29. The monoisotopic (exact) mass is 420 g/mol. The highest BCUT2D eigenvalue weighted by Crippen LogP contribution is 2.29. The second kappa shape index (κ2) is 8.00. The van der Waals surface area contributed by atoms with Crippen LogP contribution in [0, 0.1) is 5.82 Å². The number of ether oxygens (including phenoxy) is 1. The summed E-state index contributed by atoms with van der Waals surface area (Å²) in [6.07, 6.45) is 0. The Hall–Kier alpha value is -3.27. The molecule has 0 radical (unpaired) electrons. The molecule has 1 heterocycles. The van der Waals surface area contributed by atoms with E-state index in [0.717, 1.165) is 0 Å². The molecule has 0 spiro atoms. The van der Waals surface area contributed by atoms with Crippen LogP contribution in [0.3, 0.4) is 0 Å². The van der Waals surface area contributed by atoms with Crippen LogP contribution in [0.25, 0.3) is 0 Å². The molecule has 2 amide bonds. The maximum atomic E-state index is 13.7. The summed E-state index contributed by atoms with van der Waals surface area (Å²) in [6.45, 7) is -1.55. The van der Waals surface area contributed by atoms with Gasteiger partial charge in [0.2, 0.25) is 0 Å². The quantitative estimate of drug-likeness (QED) is 0.651. The highest BCUT2D eigenvalue weighted by molar-refractivity contribution is 7.90. The first kappa shape index (κ1) is 20.5. The Balaban J connectivity index is 1.57. The number of carbonyl (C=O) groups excluding carboxylic acids is 3. The van der Waals surface area contributed by atoms with Gasteiger partial charge in [-0.15, -0.1) is 0 Å². The maximum absolute atomic E-state index is 13.7. The van der Waals surface area contributed by atoms with Crippen molar-refractivity contribution in [3.8, 4) is 0 Å². The van der Waals surface area contributed by atoms with Crippen molar-refractivity contribution in [3.63, 3.8) is 0 Å². The molecule has 10 heteroatoms. The molecule has 0 aromatic heterocycles. The maximum Gasteiger partial charge on any atom is 0.327 e. The fourth-order valence-electron chi connectivity index (χ4n) is 2.77. The van der Waals surface area contributed by atoms with Gasteiger partial charge >= 0.3 is 5.97 Å². The molecule has 0 bridgehead atoms. The average Bonchev–Trinajstić information content (AvgIpc) is 2.89. The molecule has 29 heavy (non-hydrogen) atoms. The Morgan fingerprint density at radius 2 is 1.76 bits per heavy atom. The second-order valence-electron chi connectivity index (χ2n) is 6.31. The van der Waals surface area contributed by atoms with E-state index in [2.05, 4.69) is 0 Å². The lowest BCUT2D eigenvalue weighted by molar-refractivity contribution is -0.151. The van der Waals surface area contributed by atoms with Gasteiger partial charge in [-0.1, -0.05) is 30.3 Å². The highest BCUT2D eigenvalue weighted by atomic mass is 32.2. The minimum Gasteiger partial charge on any atom is -0.454 e. The van der Waals surface area contributed by atoms with Gasteiger partial charge < -0.3 is 9.64 Å². The van der Waals surface area contributed by atoms with Crippen LogP contribution in [-0.2, 0) is 30.9 Å². The predicted octanol–water partition coefficient (Wildman–Crippen LogP) is 1.17. The molecule has 8 nitrogen and oxygen atoms in total. The second-order valence-corrected chi connectivity index (χ2v) is 8.15. The van der Waals surface area contributed by atoms with Gasteiger partial charge in [0.15, 0.2) is 6.61 Å². The van der Waals surface area contributed by atoms with E-state index < -0.39 is 46.8 Å². The Labute approximate surface area is 166 Å². The number of rotatable bonds is 6. The third-order valence-electron chi connectivity index (χ3n) is 4.33. The van der Waals surface area contributed by atoms with Crippen LogP contribution in [0.4, 0.5) is 4.39 Å². The number of fused-ring (bicyclic) bond motifs is 1. The van der Waals surface area contributed by atoms with Gasteiger partial charge in [-0.3, -0.25) is 14.4 Å². The molecule has 2 aromatic rings. The number of sulfonamides is 1. The molecular weight excluding hydrogens is 403 g/mol. The SMILES string of the molecule is CN(Cc1ccccc1F)C(=O)COC(=O)CN1C(=O)c2ccccc2S1(=O)=O.